The average Bonchev–Trinajstić information content (AvgIpc) is 1.65. The molecule has 2 unspecified atom stereocenters. The molecule has 0 heterocycles. The Labute approximate surface area is 44.9 Å². The van der Waals surface area contributed by atoms with Crippen molar-refractivity contribution >= 4 is 0 Å². The molecular weight excluding hydrogens is 86.1 g/mol. The first-order chi connectivity index (χ1) is 3.34. The topological polar surface area (TPSA) is 26.0 Å². The summed E-state index contributed by atoms with van der Waals surface area (Å²) in [5, 5.41) is 0. The lowest BCUT2D eigenvalue weighted by molar-refractivity contribution is 0.250. The third-order valence-corrected chi connectivity index (χ3v) is 2.00. The van der Waals surface area contributed by atoms with E-state index in [9.17, 15) is 0 Å². The summed E-state index contributed by atoms with van der Waals surface area (Å²) in [6.45, 7) is 2.21. The van der Waals surface area contributed by atoms with Crippen LogP contribution in [-0.4, -0.2) is 6.04 Å². The van der Waals surface area contributed by atoms with E-state index in [0.717, 1.165) is 5.92 Å². The molecule has 0 aromatic carbocycles. The van der Waals surface area contributed by atoms with Crippen molar-refractivity contribution in [1.29, 1.82) is 0 Å². The second-order valence-corrected chi connectivity index (χ2v) is 2.41. The van der Waals surface area contributed by atoms with Crippen molar-refractivity contribution in [3.8, 4) is 0 Å². The molecule has 1 aliphatic rings. The molecule has 0 bridgehead atoms. The SMILES string of the molecule is CCC1CCC1N. The molecule has 0 aliphatic heterocycles. The van der Waals surface area contributed by atoms with Gasteiger partial charge in [0.2, 0.25) is 0 Å². The highest BCUT2D eigenvalue weighted by molar-refractivity contribution is 4.81. The van der Waals surface area contributed by atoms with Gasteiger partial charge in [-0.15, -0.1) is 0 Å². The van der Waals surface area contributed by atoms with E-state index >= 15 is 0 Å². The number of hydrogen-bond acceptors (Lipinski definition) is 1. The maximum atomic E-state index is 5.63. The van der Waals surface area contributed by atoms with Gasteiger partial charge in [-0.25, -0.2) is 0 Å². The highest BCUT2D eigenvalue weighted by Gasteiger charge is 2.24. The Balaban J connectivity index is 2.16. The van der Waals surface area contributed by atoms with Gasteiger partial charge in [-0.1, -0.05) is 13.3 Å². The van der Waals surface area contributed by atoms with Crippen LogP contribution in [0.25, 0.3) is 0 Å². The zero-order valence-corrected chi connectivity index (χ0v) is 4.85. The summed E-state index contributed by atoms with van der Waals surface area (Å²) >= 11 is 0. The van der Waals surface area contributed by atoms with Gasteiger partial charge in [-0.3, -0.25) is 0 Å². The van der Waals surface area contributed by atoms with Gasteiger partial charge < -0.3 is 5.73 Å². The zero-order valence-electron chi connectivity index (χ0n) is 4.85. The predicted octanol–water partition coefficient (Wildman–Crippen LogP) is 1.13. The van der Waals surface area contributed by atoms with E-state index in [-0.39, 0.29) is 0 Å². The fourth-order valence-corrected chi connectivity index (χ4v) is 1.10. The van der Waals surface area contributed by atoms with Crippen LogP contribution in [-0.2, 0) is 0 Å². The monoisotopic (exact) mass is 99.1 g/mol. The summed E-state index contributed by atoms with van der Waals surface area (Å²) < 4.78 is 0. The summed E-state index contributed by atoms with van der Waals surface area (Å²) in [5.41, 5.74) is 5.63. The van der Waals surface area contributed by atoms with Crippen molar-refractivity contribution in [3.63, 3.8) is 0 Å². The minimum Gasteiger partial charge on any atom is -0.327 e. The molecule has 7 heavy (non-hydrogen) atoms. The van der Waals surface area contributed by atoms with Gasteiger partial charge in [0.25, 0.3) is 0 Å². The Kier molecular flexibility index (Phi) is 1.33. The summed E-state index contributed by atoms with van der Waals surface area (Å²) in [6, 6.07) is 0.546. The van der Waals surface area contributed by atoms with Crippen LogP contribution in [0.2, 0.25) is 0 Å². The van der Waals surface area contributed by atoms with Crippen LogP contribution in [0.1, 0.15) is 26.2 Å². The van der Waals surface area contributed by atoms with Crippen LogP contribution >= 0.6 is 0 Å². The van der Waals surface area contributed by atoms with Gasteiger partial charge in [-0.2, -0.15) is 0 Å². The molecule has 0 spiro atoms. The normalized spacial score (nSPS) is 40.3. The molecule has 0 saturated heterocycles. The van der Waals surface area contributed by atoms with Crippen LogP contribution in [0.5, 0.6) is 0 Å². The minimum atomic E-state index is 0.546. The van der Waals surface area contributed by atoms with E-state index in [1.54, 1.807) is 0 Å². The van der Waals surface area contributed by atoms with Gasteiger partial charge in [0, 0.05) is 6.04 Å². The molecule has 0 aromatic rings. The minimum absolute atomic E-state index is 0.546. The van der Waals surface area contributed by atoms with Crippen molar-refractivity contribution < 1.29 is 0 Å². The molecule has 0 amide bonds. The van der Waals surface area contributed by atoms with Gasteiger partial charge in [-0.05, 0) is 18.8 Å². The van der Waals surface area contributed by atoms with E-state index in [1.807, 2.05) is 0 Å². The van der Waals surface area contributed by atoms with Gasteiger partial charge in [0.15, 0.2) is 0 Å². The summed E-state index contributed by atoms with van der Waals surface area (Å²) in [5.74, 6) is 0.861. The Hall–Kier alpha value is -0.0400. The molecular formula is C6H13N. The van der Waals surface area contributed by atoms with E-state index < -0.39 is 0 Å². The third-order valence-electron chi connectivity index (χ3n) is 2.00. The lowest BCUT2D eigenvalue weighted by Crippen LogP contribution is -2.38. The molecule has 0 radical (unpaired) electrons. The fourth-order valence-electron chi connectivity index (χ4n) is 1.10. The molecule has 2 atom stereocenters. The zero-order chi connectivity index (χ0) is 5.28. The molecule has 2 N–H and O–H groups in total. The number of hydrogen-bond donors (Lipinski definition) is 1. The highest BCUT2D eigenvalue weighted by atomic mass is 14.7. The Morgan fingerprint density at radius 2 is 2.29 bits per heavy atom. The van der Waals surface area contributed by atoms with Crippen molar-refractivity contribution in [3.05, 3.63) is 0 Å². The van der Waals surface area contributed by atoms with Gasteiger partial charge >= 0.3 is 0 Å². The van der Waals surface area contributed by atoms with Crippen LogP contribution < -0.4 is 5.73 Å². The lowest BCUT2D eigenvalue weighted by atomic mass is 9.79. The van der Waals surface area contributed by atoms with E-state index in [0.29, 0.717) is 6.04 Å². The summed E-state index contributed by atoms with van der Waals surface area (Å²) in [7, 11) is 0. The van der Waals surface area contributed by atoms with E-state index in [2.05, 4.69) is 6.92 Å². The van der Waals surface area contributed by atoms with Crippen LogP contribution in [0.15, 0.2) is 0 Å². The maximum absolute atomic E-state index is 5.63. The van der Waals surface area contributed by atoms with Gasteiger partial charge in [0.05, 0.1) is 0 Å². The van der Waals surface area contributed by atoms with Crippen LogP contribution in [0.4, 0.5) is 0 Å². The Bertz CT molecular complexity index is 59.2. The van der Waals surface area contributed by atoms with Crippen molar-refractivity contribution in [2.24, 2.45) is 11.7 Å². The first-order valence-electron chi connectivity index (χ1n) is 3.10. The molecule has 1 fully saturated rings. The van der Waals surface area contributed by atoms with E-state index in [4.69, 9.17) is 5.73 Å². The van der Waals surface area contributed by atoms with Crippen LogP contribution in [0.3, 0.4) is 0 Å². The van der Waals surface area contributed by atoms with Crippen molar-refractivity contribution in [1.82, 2.24) is 0 Å². The molecule has 1 nitrogen and oxygen atoms in total. The maximum Gasteiger partial charge on any atom is 0.00671 e. The van der Waals surface area contributed by atoms with Crippen molar-refractivity contribution in [2.45, 2.75) is 32.2 Å². The molecule has 1 saturated carbocycles. The molecule has 1 heteroatoms. The van der Waals surface area contributed by atoms with Gasteiger partial charge in [0.1, 0.15) is 0 Å². The average molecular weight is 99.2 g/mol. The molecule has 1 aliphatic carbocycles. The summed E-state index contributed by atoms with van der Waals surface area (Å²) in [4.78, 5) is 0. The molecule has 42 valence electrons. The summed E-state index contributed by atoms with van der Waals surface area (Å²) in [6.07, 6.45) is 3.91. The Morgan fingerprint density at radius 3 is 2.29 bits per heavy atom. The largest absolute Gasteiger partial charge is 0.327 e. The number of rotatable bonds is 1. The molecule has 1 rings (SSSR count). The lowest BCUT2D eigenvalue weighted by Gasteiger charge is -2.32. The molecule has 0 aromatic heterocycles. The first kappa shape index (κ1) is 5.10. The third kappa shape index (κ3) is 0.778. The Morgan fingerprint density at radius 1 is 1.57 bits per heavy atom. The second kappa shape index (κ2) is 1.83. The van der Waals surface area contributed by atoms with Crippen LogP contribution in [0, 0.1) is 5.92 Å². The first-order valence-corrected chi connectivity index (χ1v) is 3.10. The standard InChI is InChI=1S/C6H13N/c1-2-5-3-4-6(5)7/h5-6H,2-4,7H2,1H3. The predicted molar refractivity (Wildman–Crippen MR) is 31.0 cm³/mol. The number of nitrogens with two attached hydrogens (primary N) is 1. The van der Waals surface area contributed by atoms with E-state index in [1.165, 1.54) is 19.3 Å². The smallest absolute Gasteiger partial charge is 0.00671 e. The second-order valence-electron chi connectivity index (χ2n) is 2.41. The highest BCUT2D eigenvalue weighted by Crippen LogP contribution is 2.27. The quantitative estimate of drug-likeness (QED) is 0.524. The fraction of sp³-hybridized carbons (Fsp3) is 1.00. The van der Waals surface area contributed by atoms with Crippen molar-refractivity contribution in [2.75, 3.05) is 0 Å².